The topological polar surface area (TPSA) is 55.8 Å². The maximum atomic E-state index is 12.3. The van der Waals surface area contributed by atoms with Crippen molar-refractivity contribution in [2.45, 2.75) is 44.9 Å². The van der Waals surface area contributed by atoms with Gasteiger partial charge in [0, 0.05) is 6.54 Å². The van der Waals surface area contributed by atoms with E-state index in [0.29, 0.717) is 13.0 Å². The van der Waals surface area contributed by atoms with Crippen LogP contribution in [0, 0.1) is 5.92 Å². The zero-order chi connectivity index (χ0) is 15.5. The molecule has 3 atom stereocenters. The molecular formula is C17H21NO4. The third-order valence-electron chi connectivity index (χ3n) is 4.42. The van der Waals surface area contributed by atoms with Crippen molar-refractivity contribution in [3.63, 3.8) is 0 Å². The van der Waals surface area contributed by atoms with Crippen LogP contribution >= 0.6 is 0 Å². The number of esters is 1. The lowest BCUT2D eigenvalue weighted by Gasteiger charge is -2.27. The molecule has 5 heteroatoms. The van der Waals surface area contributed by atoms with Crippen LogP contribution < -0.4 is 0 Å². The second kappa shape index (κ2) is 6.38. The highest BCUT2D eigenvalue weighted by atomic mass is 16.6. The zero-order valence-corrected chi connectivity index (χ0v) is 12.7. The molecule has 0 radical (unpaired) electrons. The standard InChI is InChI=1S/C17H21NO4/c1-12-10-15(22-16(12)19)14-8-5-9-18(14)17(20)21-11-13-6-3-2-4-7-13/h2-4,6-7,12,14-15H,5,8-11H2,1H3/t12-,14-,15-/m0/s1. The van der Waals surface area contributed by atoms with E-state index in [1.807, 2.05) is 37.3 Å². The lowest BCUT2D eigenvalue weighted by atomic mass is 10.0. The first kappa shape index (κ1) is 14.9. The summed E-state index contributed by atoms with van der Waals surface area (Å²) in [7, 11) is 0. The van der Waals surface area contributed by atoms with Crippen LogP contribution in [0.25, 0.3) is 0 Å². The summed E-state index contributed by atoms with van der Waals surface area (Å²) in [4.78, 5) is 25.6. The molecule has 2 aliphatic heterocycles. The molecule has 3 rings (SSSR count). The first-order chi connectivity index (χ1) is 10.6. The van der Waals surface area contributed by atoms with Gasteiger partial charge in [0.15, 0.2) is 0 Å². The first-order valence-corrected chi connectivity index (χ1v) is 7.83. The summed E-state index contributed by atoms with van der Waals surface area (Å²) in [5.41, 5.74) is 0.965. The Kier molecular flexibility index (Phi) is 4.32. The molecule has 0 spiro atoms. The molecule has 22 heavy (non-hydrogen) atoms. The second-order valence-electron chi connectivity index (χ2n) is 6.06. The molecule has 0 saturated carbocycles. The molecule has 2 saturated heterocycles. The van der Waals surface area contributed by atoms with E-state index in [9.17, 15) is 9.59 Å². The predicted octanol–water partition coefficient (Wildman–Crippen LogP) is 2.74. The Morgan fingerprint density at radius 1 is 1.36 bits per heavy atom. The molecule has 0 bridgehead atoms. The molecule has 2 fully saturated rings. The highest BCUT2D eigenvalue weighted by molar-refractivity contribution is 5.74. The number of amides is 1. The van der Waals surface area contributed by atoms with E-state index in [4.69, 9.17) is 9.47 Å². The predicted molar refractivity (Wildman–Crippen MR) is 80.0 cm³/mol. The number of hydrogen-bond donors (Lipinski definition) is 0. The van der Waals surface area contributed by atoms with Crippen LogP contribution in [0.4, 0.5) is 4.79 Å². The Morgan fingerprint density at radius 2 is 2.14 bits per heavy atom. The molecule has 118 valence electrons. The number of ether oxygens (including phenoxy) is 2. The van der Waals surface area contributed by atoms with Gasteiger partial charge in [0.2, 0.25) is 0 Å². The Labute approximate surface area is 130 Å². The van der Waals surface area contributed by atoms with E-state index in [1.165, 1.54) is 0 Å². The fraction of sp³-hybridized carbons (Fsp3) is 0.529. The molecule has 5 nitrogen and oxygen atoms in total. The third kappa shape index (κ3) is 3.08. The Bertz CT molecular complexity index is 545. The van der Waals surface area contributed by atoms with Gasteiger partial charge in [0.1, 0.15) is 12.7 Å². The maximum absolute atomic E-state index is 12.3. The van der Waals surface area contributed by atoms with Crippen molar-refractivity contribution in [1.29, 1.82) is 0 Å². The second-order valence-corrected chi connectivity index (χ2v) is 6.06. The van der Waals surface area contributed by atoms with Crippen LogP contribution in [0.2, 0.25) is 0 Å². The quantitative estimate of drug-likeness (QED) is 0.806. The van der Waals surface area contributed by atoms with Crippen molar-refractivity contribution >= 4 is 12.1 Å². The first-order valence-electron chi connectivity index (χ1n) is 7.83. The van der Waals surface area contributed by atoms with Crippen LogP contribution in [0.3, 0.4) is 0 Å². The molecule has 1 aromatic rings. The van der Waals surface area contributed by atoms with Gasteiger partial charge < -0.3 is 14.4 Å². The Hall–Kier alpha value is -2.04. The molecule has 2 aliphatic rings. The molecule has 1 aromatic carbocycles. The van der Waals surface area contributed by atoms with E-state index >= 15 is 0 Å². The largest absolute Gasteiger partial charge is 0.460 e. The summed E-state index contributed by atoms with van der Waals surface area (Å²) in [6.45, 7) is 2.81. The average Bonchev–Trinajstić information content (AvgIpc) is 3.13. The maximum Gasteiger partial charge on any atom is 0.410 e. The third-order valence-corrected chi connectivity index (χ3v) is 4.42. The van der Waals surface area contributed by atoms with Gasteiger partial charge in [-0.05, 0) is 24.8 Å². The van der Waals surface area contributed by atoms with Crippen molar-refractivity contribution in [1.82, 2.24) is 4.90 Å². The van der Waals surface area contributed by atoms with Crippen LogP contribution in [0.15, 0.2) is 30.3 Å². The minimum absolute atomic E-state index is 0.0443. The number of rotatable bonds is 3. The number of cyclic esters (lactones) is 1. The number of benzene rings is 1. The van der Waals surface area contributed by atoms with Gasteiger partial charge in [-0.15, -0.1) is 0 Å². The number of nitrogens with zero attached hydrogens (tertiary/aromatic N) is 1. The highest BCUT2D eigenvalue weighted by Crippen LogP contribution is 2.31. The number of hydrogen-bond acceptors (Lipinski definition) is 4. The van der Waals surface area contributed by atoms with E-state index in [1.54, 1.807) is 4.90 Å². The number of carbonyl (C=O) groups is 2. The summed E-state index contributed by atoms with van der Waals surface area (Å²) in [5.74, 6) is -0.234. The van der Waals surface area contributed by atoms with Crippen LogP contribution in [0.1, 0.15) is 31.7 Å². The molecule has 0 N–H and O–H groups in total. The SMILES string of the molecule is C[C@H]1C[C@@H]([C@@H]2CCCN2C(=O)OCc2ccccc2)OC1=O. The molecule has 0 aliphatic carbocycles. The fourth-order valence-electron chi connectivity index (χ4n) is 3.20. The van der Waals surface area contributed by atoms with Gasteiger partial charge in [-0.25, -0.2) is 4.79 Å². The summed E-state index contributed by atoms with van der Waals surface area (Å²) in [6, 6.07) is 9.57. The van der Waals surface area contributed by atoms with Gasteiger partial charge in [-0.2, -0.15) is 0 Å². The van der Waals surface area contributed by atoms with Crippen molar-refractivity contribution in [3.8, 4) is 0 Å². The normalized spacial score (nSPS) is 27.8. The molecule has 1 amide bonds. The van der Waals surface area contributed by atoms with Gasteiger partial charge in [-0.1, -0.05) is 37.3 Å². The van der Waals surface area contributed by atoms with Crippen LogP contribution in [-0.2, 0) is 20.9 Å². The average molecular weight is 303 g/mol. The molecule has 0 unspecified atom stereocenters. The van der Waals surface area contributed by atoms with E-state index in [2.05, 4.69) is 0 Å². The fourth-order valence-corrected chi connectivity index (χ4v) is 3.20. The van der Waals surface area contributed by atoms with E-state index < -0.39 is 0 Å². The summed E-state index contributed by atoms with van der Waals surface area (Å²) < 4.78 is 10.8. The molecular weight excluding hydrogens is 282 g/mol. The molecule has 0 aromatic heterocycles. The summed E-state index contributed by atoms with van der Waals surface area (Å²) in [5, 5.41) is 0. The smallest absolute Gasteiger partial charge is 0.410 e. The van der Waals surface area contributed by atoms with Gasteiger partial charge in [0.05, 0.1) is 12.0 Å². The van der Waals surface area contributed by atoms with Crippen molar-refractivity contribution in [2.24, 2.45) is 5.92 Å². The lowest BCUT2D eigenvalue weighted by molar-refractivity contribution is -0.145. The van der Waals surface area contributed by atoms with Crippen molar-refractivity contribution in [2.75, 3.05) is 6.54 Å². The van der Waals surface area contributed by atoms with Crippen molar-refractivity contribution < 1.29 is 19.1 Å². The summed E-state index contributed by atoms with van der Waals surface area (Å²) >= 11 is 0. The minimum Gasteiger partial charge on any atom is -0.460 e. The monoisotopic (exact) mass is 303 g/mol. The van der Waals surface area contributed by atoms with Crippen LogP contribution in [-0.4, -0.2) is 35.7 Å². The highest BCUT2D eigenvalue weighted by Gasteiger charge is 2.42. The molecule has 2 heterocycles. The van der Waals surface area contributed by atoms with Crippen LogP contribution in [0.5, 0.6) is 0 Å². The van der Waals surface area contributed by atoms with E-state index in [0.717, 1.165) is 18.4 Å². The Morgan fingerprint density at radius 3 is 2.82 bits per heavy atom. The van der Waals surface area contributed by atoms with Crippen molar-refractivity contribution in [3.05, 3.63) is 35.9 Å². The van der Waals surface area contributed by atoms with Gasteiger partial charge in [-0.3, -0.25) is 4.79 Å². The minimum atomic E-state index is -0.318. The summed E-state index contributed by atoms with van der Waals surface area (Å²) in [6.07, 6.45) is 1.97. The van der Waals surface area contributed by atoms with Gasteiger partial charge >= 0.3 is 12.1 Å². The number of likely N-dealkylation sites (tertiary alicyclic amines) is 1. The van der Waals surface area contributed by atoms with Gasteiger partial charge in [0.25, 0.3) is 0 Å². The number of carbonyl (C=O) groups excluding carboxylic acids is 2. The van der Waals surface area contributed by atoms with E-state index in [-0.39, 0.29) is 36.7 Å². The Balaban J connectivity index is 1.58. The zero-order valence-electron chi connectivity index (χ0n) is 12.7. The lowest BCUT2D eigenvalue weighted by Crippen LogP contribution is -2.43.